The van der Waals surface area contributed by atoms with E-state index in [0.29, 0.717) is 0 Å². The van der Waals surface area contributed by atoms with E-state index in [2.05, 4.69) is 48.6 Å². The molecule has 0 aromatic rings. The second-order valence-corrected chi connectivity index (χ2v) is 14.5. The van der Waals surface area contributed by atoms with Crippen molar-refractivity contribution in [1.29, 1.82) is 0 Å². The summed E-state index contributed by atoms with van der Waals surface area (Å²) in [7, 11) is 9.31. The van der Waals surface area contributed by atoms with Crippen LogP contribution in [-0.2, 0) is 21.8 Å². The summed E-state index contributed by atoms with van der Waals surface area (Å²) >= 11 is 0. The van der Waals surface area contributed by atoms with Crippen molar-refractivity contribution in [2.24, 2.45) is 0 Å². The molecule has 0 saturated carbocycles. The van der Waals surface area contributed by atoms with Crippen LogP contribution in [0.3, 0.4) is 0 Å². The molecule has 2 N–H and O–H groups in total. The molecule has 0 bridgehead atoms. The topological polar surface area (TPSA) is 76.7 Å². The van der Waals surface area contributed by atoms with Gasteiger partial charge in [0.2, 0.25) is 0 Å². The van der Waals surface area contributed by atoms with E-state index in [0.717, 1.165) is 77.0 Å². The monoisotopic (exact) mass is 482 g/mol. The first-order valence-electron chi connectivity index (χ1n) is 11.4. The molecular weight excluding hydrogens is 432 g/mol. The fourth-order valence-corrected chi connectivity index (χ4v) is 9.65. The SMILES string of the molecule is CO[Si](CCCNCCCN(C)C)(OC)O[Si](CCCNCCCN(C)C)(OC)OC. The zero-order valence-corrected chi connectivity index (χ0v) is 23.4. The van der Waals surface area contributed by atoms with Gasteiger partial charge in [-0.2, -0.15) is 0 Å². The highest BCUT2D eigenvalue weighted by atomic mass is 28.5. The molecule has 11 heteroatoms. The van der Waals surface area contributed by atoms with E-state index in [1.54, 1.807) is 28.4 Å². The minimum Gasteiger partial charge on any atom is -0.377 e. The van der Waals surface area contributed by atoms with Crippen molar-refractivity contribution in [3.05, 3.63) is 0 Å². The molecule has 0 aliphatic carbocycles. The zero-order valence-electron chi connectivity index (χ0n) is 21.4. The molecule has 0 aromatic heterocycles. The lowest BCUT2D eigenvalue weighted by Gasteiger charge is -2.35. The average Bonchev–Trinajstić information content (AvgIpc) is 2.75. The maximum atomic E-state index is 6.46. The molecule has 0 aliphatic rings. The number of hydrogen-bond acceptors (Lipinski definition) is 9. The van der Waals surface area contributed by atoms with Crippen molar-refractivity contribution in [2.45, 2.75) is 37.8 Å². The van der Waals surface area contributed by atoms with Gasteiger partial charge in [0.05, 0.1) is 0 Å². The van der Waals surface area contributed by atoms with Gasteiger partial charge < -0.3 is 42.3 Å². The summed E-state index contributed by atoms with van der Waals surface area (Å²) < 4.78 is 29.7. The first kappa shape index (κ1) is 31.1. The highest BCUT2D eigenvalue weighted by Crippen LogP contribution is 2.26. The molecule has 0 spiro atoms. The Bertz CT molecular complexity index is 379. The third-order valence-electron chi connectivity index (χ3n) is 5.15. The van der Waals surface area contributed by atoms with Crippen molar-refractivity contribution < 1.29 is 21.8 Å². The van der Waals surface area contributed by atoms with Gasteiger partial charge in [-0.05, 0) is 93.1 Å². The van der Waals surface area contributed by atoms with Gasteiger partial charge in [-0.15, -0.1) is 0 Å². The van der Waals surface area contributed by atoms with Gasteiger partial charge in [-0.1, -0.05) is 0 Å². The highest BCUT2D eigenvalue weighted by molar-refractivity contribution is 6.74. The van der Waals surface area contributed by atoms with E-state index in [9.17, 15) is 0 Å². The average molecular weight is 483 g/mol. The predicted octanol–water partition coefficient (Wildman–Crippen LogP) is 1.33. The van der Waals surface area contributed by atoms with Crippen molar-refractivity contribution in [3.8, 4) is 0 Å². The summed E-state index contributed by atoms with van der Waals surface area (Å²) in [4.78, 5) is 4.39. The lowest BCUT2D eigenvalue weighted by atomic mass is 10.4. The highest BCUT2D eigenvalue weighted by Gasteiger charge is 2.51. The van der Waals surface area contributed by atoms with E-state index >= 15 is 0 Å². The molecule has 0 fully saturated rings. The molecule has 0 rings (SSSR count). The zero-order chi connectivity index (χ0) is 23.6. The largest absolute Gasteiger partial charge is 0.493 e. The second-order valence-electron chi connectivity index (χ2n) is 8.31. The van der Waals surface area contributed by atoms with Crippen LogP contribution in [-0.4, -0.2) is 123 Å². The summed E-state index contributed by atoms with van der Waals surface area (Å²) in [6.45, 7) is 6.00. The predicted molar refractivity (Wildman–Crippen MR) is 132 cm³/mol. The van der Waals surface area contributed by atoms with Crippen LogP contribution >= 0.6 is 0 Å². The molecule has 0 unspecified atom stereocenters. The summed E-state index contributed by atoms with van der Waals surface area (Å²) in [6.07, 6.45) is 4.10. The second kappa shape index (κ2) is 18.5. The summed E-state index contributed by atoms with van der Waals surface area (Å²) in [5.74, 6) is 0. The minimum absolute atomic E-state index is 0.727. The summed E-state index contributed by atoms with van der Waals surface area (Å²) in [5.41, 5.74) is 0. The van der Waals surface area contributed by atoms with Crippen LogP contribution in [0.5, 0.6) is 0 Å². The maximum Gasteiger partial charge on any atom is 0.493 e. The van der Waals surface area contributed by atoms with E-state index in [1.807, 2.05) is 0 Å². The van der Waals surface area contributed by atoms with Crippen LogP contribution in [0.15, 0.2) is 0 Å². The number of rotatable bonds is 22. The van der Waals surface area contributed by atoms with E-state index in [1.165, 1.54) is 0 Å². The fourth-order valence-electron chi connectivity index (χ4n) is 3.23. The van der Waals surface area contributed by atoms with E-state index in [4.69, 9.17) is 21.8 Å². The molecule has 0 saturated heterocycles. The Morgan fingerprint density at radius 3 is 1.16 bits per heavy atom. The molecule has 9 nitrogen and oxygen atoms in total. The Labute approximate surface area is 193 Å². The van der Waals surface area contributed by atoms with Crippen molar-refractivity contribution in [1.82, 2.24) is 20.4 Å². The molecule has 0 atom stereocenters. The minimum atomic E-state index is -2.86. The van der Waals surface area contributed by atoms with Gasteiger partial charge >= 0.3 is 17.6 Å². The summed E-state index contributed by atoms with van der Waals surface area (Å²) in [6, 6.07) is 1.45. The van der Waals surface area contributed by atoms with Gasteiger partial charge in [0.15, 0.2) is 0 Å². The lowest BCUT2D eigenvalue weighted by Crippen LogP contribution is -2.57. The Morgan fingerprint density at radius 1 is 0.548 bits per heavy atom. The van der Waals surface area contributed by atoms with Crippen LogP contribution in [0.1, 0.15) is 25.7 Å². The molecule has 0 aliphatic heterocycles. The van der Waals surface area contributed by atoms with Crippen LogP contribution in [0, 0.1) is 0 Å². The molecule has 188 valence electrons. The first-order valence-corrected chi connectivity index (χ1v) is 15.3. The standard InChI is InChI=1S/C20H50N4O5Si2/c1-23(2)17-9-13-21-15-11-19-30(25-5,26-6)29-31(27-7,28-8)20-12-16-22-14-10-18-24(3)4/h21-22H,9-20H2,1-8H3. The van der Waals surface area contributed by atoms with Crippen molar-refractivity contribution in [3.63, 3.8) is 0 Å². The van der Waals surface area contributed by atoms with Crippen molar-refractivity contribution in [2.75, 3.05) is 95.9 Å². The fraction of sp³-hybridized carbons (Fsp3) is 1.00. The number of nitrogens with one attached hydrogen (secondary N) is 2. The smallest absolute Gasteiger partial charge is 0.377 e. The van der Waals surface area contributed by atoms with E-state index < -0.39 is 17.6 Å². The van der Waals surface area contributed by atoms with Crippen LogP contribution in [0.4, 0.5) is 0 Å². The van der Waals surface area contributed by atoms with Crippen molar-refractivity contribution >= 4 is 17.6 Å². The Hall–Kier alpha value is 0.0738. The van der Waals surface area contributed by atoms with E-state index in [-0.39, 0.29) is 0 Å². The van der Waals surface area contributed by atoms with Gasteiger partial charge in [0, 0.05) is 40.5 Å². The lowest BCUT2D eigenvalue weighted by molar-refractivity contribution is 0.0859. The third kappa shape index (κ3) is 14.8. The van der Waals surface area contributed by atoms with Gasteiger partial charge in [-0.25, -0.2) is 0 Å². The molecular formula is C20H50N4O5Si2. The number of hydrogen-bond donors (Lipinski definition) is 2. The van der Waals surface area contributed by atoms with Crippen LogP contribution in [0.2, 0.25) is 12.1 Å². The quantitative estimate of drug-likeness (QED) is 0.175. The number of nitrogens with zero attached hydrogens (tertiary/aromatic N) is 2. The van der Waals surface area contributed by atoms with Gasteiger partial charge in [0.25, 0.3) is 0 Å². The third-order valence-corrected chi connectivity index (χ3v) is 12.1. The molecule has 0 amide bonds. The Balaban J connectivity index is 4.49. The molecule has 31 heavy (non-hydrogen) atoms. The Morgan fingerprint density at radius 2 is 0.871 bits per heavy atom. The van der Waals surface area contributed by atoms with Gasteiger partial charge in [0.1, 0.15) is 0 Å². The van der Waals surface area contributed by atoms with Crippen LogP contribution < -0.4 is 10.6 Å². The molecule has 0 aromatic carbocycles. The Kier molecular flexibility index (Phi) is 18.5. The molecule has 0 heterocycles. The first-order chi connectivity index (χ1) is 14.8. The molecule has 0 radical (unpaired) electrons. The van der Waals surface area contributed by atoms with Gasteiger partial charge in [-0.3, -0.25) is 0 Å². The maximum absolute atomic E-state index is 6.46. The summed E-state index contributed by atoms with van der Waals surface area (Å²) in [5, 5.41) is 6.97. The normalized spacial score (nSPS) is 13.0. The van der Waals surface area contributed by atoms with Crippen LogP contribution in [0.25, 0.3) is 0 Å².